The maximum Gasteiger partial charge on any atom is 0.346 e. The van der Waals surface area contributed by atoms with E-state index in [2.05, 4.69) is 27.7 Å². The number of cyclic esters (lactones) is 4. The molecule has 17 aromatic carbocycles. The molecule has 0 bridgehead atoms. The molecular formula is C106H76N4O16. The van der Waals surface area contributed by atoms with Gasteiger partial charge in [-0.25, -0.2) is 19.2 Å². The van der Waals surface area contributed by atoms with E-state index in [1.54, 1.807) is 72.8 Å². The molecule has 0 radical (unpaired) electrons. The zero-order valence-corrected chi connectivity index (χ0v) is 69.1. The molecule has 0 unspecified atom stereocenters. The van der Waals surface area contributed by atoms with Crippen LogP contribution in [0.3, 0.4) is 0 Å². The monoisotopic (exact) mass is 1660 g/mol. The number of unbranched alkanes of at least 4 members (excludes halogenated alkanes) is 4. The number of amides is 8. The van der Waals surface area contributed by atoms with Gasteiger partial charge >= 0.3 is 23.9 Å². The number of rotatable bonds is 24. The molecule has 0 saturated carbocycles. The molecule has 0 atom stereocenters. The van der Waals surface area contributed by atoms with E-state index in [0.717, 1.165) is 153 Å². The minimum absolute atomic E-state index is 0.0234. The van der Waals surface area contributed by atoms with E-state index in [9.17, 15) is 57.5 Å². The summed E-state index contributed by atoms with van der Waals surface area (Å²) in [5.74, 6) is -5.57. The zero-order chi connectivity index (χ0) is 86.0. The molecule has 23 rings (SSSR count). The van der Waals surface area contributed by atoms with Gasteiger partial charge in [0.1, 0.15) is 23.0 Å². The second-order valence-electron chi connectivity index (χ2n) is 34.4. The predicted octanol–water partition coefficient (Wildman–Crippen LogP) is 22.4. The first-order chi connectivity index (χ1) is 61.4. The summed E-state index contributed by atoms with van der Waals surface area (Å²) in [6.45, 7) is 8.48. The molecule has 20 heteroatoms. The van der Waals surface area contributed by atoms with Gasteiger partial charge in [-0.1, -0.05) is 164 Å². The quantitative estimate of drug-likeness (QED) is 0.0179. The Bertz CT molecular complexity index is 7240. The van der Waals surface area contributed by atoms with Crippen molar-refractivity contribution >= 4 is 200 Å². The minimum atomic E-state index is -0.917. The van der Waals surface area contributed by atoms with Crippen molar-refractivity contribution in [3.63, 3.8) is 0 Å². The molecule has 0 spiro atoms. The average Bonchev–Trinajstić information content (AvgIpc) is 0.691. The molecule has 6 heterocycles. The van der Waals surface area contributed by atoms with Crippen LogP contribution in [0, 0.1) is 0 Å². The van der Waals surface area contributed by atoms with Crippen molar-refractivity contribution in [2.24, 2.45) is 0 Å². The summed E-state index contributed by atoms with van der Waals surface area (Å²) in [6, 6.07) is 53.0. The van der Waals surface area contributed by atoms with Gasteiger partial charge in [-0.15, -0.1) is 0 Å². The number of hydrogen-bond acceptors (Lipinski definition) is 16. The van der Waals surface area contributed by atoms with Gasteiger partial charge in [-0.3, -0.25) is 58.0 Å². The second kappa shape index (κ2) is 28.3. The van der Waals surface area contributed by atoms with Gasteiger partial charge in [0.05, 0.1) is 22.3 Å². The molecule has 0 fully saturated rings. The first-order valence-corrected chi connectivity index (χ1v) is 43.6. The fraction of sp³-hybridized carbons (Fsp3) is 0.208. The number of carbonyl (C=O) groups is 12. The van der Waals surface area contributed by atoms with Gasteiger partial charge in [0.25, 0.3) is 47.3 Å². The van der Waals surface area contributed by atoms with Crippen molar-refractivity contribution in [2.45, 2.75) is 130 Å². The van der Waals surface area contributed by atoms with Crippen LogP contribution < -0.4 is 9.47 Å². The van der Waals surface area contributed by atoms with E-state index in [0.29, 0.717) is 110 Å². The first kappa shape index (κ1) is 76.0. The number of benzene rings is 17. The van der Waals surface area contributed by atoms with E-state index in [-0.39, 0.29) is 106 Å². The molecule has 0 saturated heterocycles. The highest BCUT2D eigenvalue weighted by atomic mass is 16.6. The summed E-state index contributed by atoms with van der Waals surface area (Å²) >= 11 is 0. The van der Waals surface area contributed by atoms with Gasteiger partial charge in [-0.2, -0.15) is 0 Å². The molecular weight excluding hydrogens is 1590 g/mol. The molecule has 0 N–H and O–H groups in total. The van der Waals surface area contributed by atoms with Gasteiger partial charge in [-0.05, 0) is 222 Å². The summed E-state index contributed by atoms with van der Waals surface area (Å²) in [6.07, 6.45) is 10.9. The van der Waals surface area contributed by atoms with Crippen LogP contribution in [0.2, 0.25) is 0 Å². The van der Waals surface area contributed by atoms with E-state index < -0.39 is 47.5 Å². The SMILES string of the molecule is CCCCC(CCCC)N1C(=O)c2ccc3c4ccc5c6c(ccc(c7ccc(c2c37)C1=O)c64)C(=O)N(CCc1ccc(Oc2cc3c4c(ccc6c7c(Oc8ccc(CCN9C(=O)c%10ccc%11c%12ccc%13c%14c(ccc(c%15ccc(c%10c%11%15)C9=O)c%14%12)C(=O)N(C(CCCC)CCCC)C%13=O)cc8)cc8c9c(ccc(c2c46)c97)C(=O)OC8=O)C(=O)OC3=O)cc1)C5=O. The average molecular weight is 1660 g/mol. The van der Waals surface area contributed by atoms with Crippen molar-refractivity contribution in [2.75, 3.05) is 13.1 Å². The fourth-order valence-electron chi connectivity index (χ4n) is 21.7. The molecule has 6 aliphatic heterocycles. The fourth-order valence-corrected chi connectivity index (χ4v) is 21.7. The summed E-state index contributed by atoms with van der Waals surface area (Å²) in [4.78, 5) is 179. The Labute approximate surface area is 718 Å². The Morgan fingerprint density at radius 1 is 0.246 bits per heavy atom. The lowest BCUT2D eigenvalue weighted by Crippen LogP contribution is -2.47. The topological polar surface area (TPSA) is 255 Å². The molecule has 6 aliphatic rings. The van der Waals surface area contributed by atoms with Crippen molar-refractivity contribution in [3.8, 4) is 23.0 Å². The Kier molecular flexibility index (Phi) is 17.1. The lowest BCUT2D eigenvalue weighted by atomic mass is 9.82. The van der Waals surface area contributed by atoms with Crippen molar-refractivity contribution in [3.05, 3.63) is 260 Å². The van der Waals surface area contributed by atoms with Gasteiger partial charge in [0.2, 0.25) is 0 Å². The largest absolute Gasteiger partial charge is 0.457 e. The number of hydrogen-bond donors (Lipinski definition) is 0. The zero-order valence-electron chi connectivity index (χ0n) is 69.1. The number of esters is 4. The Hall–Kier alpha value is -14.9. The van der Waals surface area contributed by atoms with Crippen LogP contribution in [0.25, 0.3) is 129 Å². The van der Waals surface area contributed by atoms with Crippen molar-refractivity contribution < 1.29 is 76.5 Å². The van der Waals surface area contributed by atoms with Crippen LogP contribution in [0.15, 0.2) is 182 Å². The Morgan fingerprint density at radius 3 is 0.754 bits per heavy atom. The Balaban J connectivity index is 0.528. The van der Waals surface area contributed by atoms with E-state index in [1.807, 2.05) is 97.1 Å². The number of imide groups is 4. The second-order valence-corrected chi connectivity index (χ2v) is 34.4. The van der Waals surface area contributed by atoms with Crippen LogP contribution in [-0.4, -0.2) is 116 Å². The highest BCUT2D eigenvalue weighted by Crippen LogP contribution is 2.55. The summed E-state index contributed by atoms with van der Waals surface area (Å²) in [5.41, 5.74) is 5.22. The van der Waals surface area contributed by atoms with Crippen LogP contribution >= 0.6 is 0 Å². The number of carbonyl (C=O) groups excluding carboxylic acids is 12. The lowest BCUT2D eigenvalue weighted by Gasteiger charge is -2.35. The first-order valence-electron chi connectivity index (χ1n) is 43.6. The summed E-state index contributed by atoms with van der Waals surface area (Å²) in [5, 5.41) is 15.0. The third-order valence-electron chi connectivity index (χ3n) is 27.6. The van der Waals surface area contributed by atoms with Crippen LogP contribution in [0.1, 0.15) is 240 Å². The van der Waals surface area contributed by atoms with E-state index in [1.165, 1.54) is 31.7 Å². The molecule has 616 valence electrons. The predicted molar refractivity (Wildman–Crippen MR) is 480 cm³/mol. The summed E-state index contributed by atoms with van der Waals surface area (Å²) < 4.78 is 24.5. The van der Waals surface area contributed by atoms with Gasteiger partial charge in [0, 0.05) is 124 Å². The molecule has 20 nitrogen and oxygen atoms in total. The van der Waals surface area contributed by atoms with Crippen LogP contribution in [0.5, 0.6) is 23.0 Å². The maximum atomic E-state index is 14.8. The van der Waals surface area contributed by atoms with Crippen molar-refractivity contribution in [1.29, 1.82) is 0 Å². The highest BCUT2D eigenvalue weighted by Gasteiger charge is 2.44. The van der Waals surface area contributed by atoms with E-state index in [4.69, 9.17) is 18.9 Å². The van der Waals surface area contributed by atoms with Gasteiger partial charge < -0.3 is 18.9 Å². The Morgan fingerprint density at radius 2 is 0.484 bits per heavy atom. The number of fused-ring (bicyclic) bond motifs is 6. The normalized spacial score (nSPS) is 15.1. The smallest absolute Gasteiger partial charge is 0.346 e. The molecule has 0 aromatic heterocycles. The lowest BCUT2D eigenvalue weighted by molar-refractivity contribution is 0.0373. The highest BCUT2D eigenvalue weighted by molar-refractivity contribution is 6.46. The minimum Gasteiger partial charge on any atom is -0.457 e. The molecule has 0 aliphatic carbocycles. The standard InChI is InChI=1S/C106H76N4O16/c1-5-9-13-53(14-10-6-2)109-99(115)71-39-29-61-57-25-35-67-85-68(36-26-58(81(57)85)62-30-40-72(100(109)116)87(71)83(61)62)96(112)107(95(67)111)47-45-51-17-21-55(22-18-51)123-79-49-77-89-75(103(119)125-105(77)121)44-34-66-92-80(50-78-90-76(104(120)126-106(78)122)43-33-65(94(90)92)91(79)93(66)89)124-56-23-19-52(20-24-56)46-48-108-97(113)69-37-27-59-63-31-41-73-88-74(102(118)110(101(73)117)54(15-11-7-3)16-12-8-4)42-32-64(84(63)88)60-28-38-70(98(108)114)86(69)82(59)60/h17-44,49-50,53-54H,5-16,45-48H2,1-4H3. The third-order valence-corrected chi connectivity index (χ3v) is 27.6. The van der Waals surface area contributed by atoms with Crippen molar-refractivity contribution in [1.82, 2.24) is 19.6 Å². The number of ether oxygens (including phenoxy) is 4. The van der Waals surface area contributed by atoms with Gasteiger partial charge in [0.15, 0.2) is 0 Å². The summed E-state index contributed by atoms with van der Waals surface area (Å²) in [7, 11) is 0. The third kappa shape index (κ3) is 10.7. The molecule has 17 aromatic rings. The van der Waals surface area contributed by atoms with Crippen LogP contribution in [0.4, 0.5) is 0 Å². The molecule has 8 amide bonds. The molecule has 126 heavy (non-hydrogen) atoms. The van der Waals surface area contributed by atoms with E-state index >= 15 is 0 Å². The van der Waals surface area contributed by atoms with Crippen LogP contribution in [-0.2, 0) is 22.3 Å². The number of nitrogens with zero attached hydrogens (tertiary/aromatic N) is 4. The maximum absolute atomic E-state index is 14.8.